The monoisotopic (exact) mass is 296 g/mol. The number of nitrogens with zero attached hydrogens (tertiary/aromatic N) is 2. The maximum Gasteiger partial charge on any atom is 0.358 e. The average Bonchev–Trinajstić information content (AvgIpc) is 2.85. The van der Waals surface area contributed by atoms with Gasteiger partial charge in [0.1, 0.15) is 4.88 Å². The van der Waals surface area contributed by atoms with Gasteiger partial charge in [-0.05, 0) is 25.7 Å². The summed E-state index contributed by atoms with van der Waals surface area (Å²) in [5, 5.41) is 0.745. The molecule has 2 unspecified atom stereocenters. The predicted octanol–water partition coefficient (Wildman–Crippen LogP) is 2.76. The van der Waals surface area contributed by atoms with Gasteiger partial charge >= 0.3 is 5.97 Å². The van der Waals surface area contributed by atoms with Gasteiger partial charge in [0, 0.05) is 19.5 Å². The Hall–Kier alpha value is -1.43. The molecule has 110 valence electrons. The molecule has 0 amide bonds. The van der Waals surface area contributed by atoms with E-state index in [9.17, 15) is 9.59 Å². The Balaban J connectivity index is 2.37. The molecule has 1 aromatic rings. The first-order valence-corrected chi connectivity index (χ1v) is 7.62. The van der Waals surface area contributed by atoms with Gasteiger partial charge in [-0.2, -0.15) is 0 Å². The summed E-state index contributed by atoms with van der Waals surface area (Å²) in [5.41, 5.74) is 0.144. The zero-order valence-corrected chi connectivity index (χ0v) is 13.1. The number of aromatic nitrogens is 1. The summed E-state index contributed by atoms with van der Waals surface area (Å²) >= 11 is 1.29. The van der Waals surface area contributed by atoms with Crippen LogP contribution in [0.5, 0.6) is 0 Å². The second-order valence-electron chi connectivity index (χ2n) is 5.41. The van der Waals surface area contributed by atoms with Gasteiger partial charge in [-0.3, -0.25) is 4.79 Å². The number of esters is 1. The van der Waals surface area contributed by atoms with E-state index in [0.717, 1.165) is 18.1 Å². The van der Waals surface area contributed by atoms with Crippen molar-refractivity contribution in [2.45, 2.75) is 39.7 Å². The Morgan fingerprint density at radius 1 is 1.35 bits per heavy atom. The molecule has 2 atom stereocenters. The first-order valence-electron chi connectivity index (χ1n) is 6.80. The Kier molecular flexibility index (Phi) is 4.42. The molecule has 1 aliphatic rings. The summed E-state index contributed by atoms with van der Waals surface area (Å²) in [7, 11) is 1.30. The van der Waals surface area contributed by atoms with Crippen LogP contribution in [0.2, 0.25) is 0 Å². The standard InChI is InChI=1S/C14H20N2O3S/c1-8-5-6-9(2)16(7-8)14-15-11(13(18)19-4)12(20-14)10(3)17/h8-9H,5-7H2,1-4H3. The molecule has 1 saturated heterocycles. The Labute approximate surface area is 122 Å². The summed E-state index contributed by atoms with van der Waals surface area (Å²) in [6, 6.07) is 0.377. The third kappa shape index (κ3) is 2.85. The van der Waals surface area contributed by atoms with E-state index in [4.69, 9.17) is 4.74 Å². The van der Waals surface area contributed by atoms with Crippen molar-refractivity contribution in [3.8, 4) is 0 Å². The van der Waals surface area contributed by atoms with E-state index in [0.29, 0.717) is 16.8 Å². The van der Waals surface area contributed by atoms with Crippen molar-refractivity contribution >= 4 is 28.2 Å². The smallest absolute Gasteiger partial charge is 0.358 e. The molecule has 2 rings (SSSR count). The minimum Gasteiger partial charge on any atom is -0.464 e. The summed E-state index contributed by atoms with van der Waals surface area (Å²) in [6.45, 7) is 6.72. The maximum atomic E-state index is 11.7. The highest BCUT2D eigenvalue weighted by Crippen LogP contribution is 2.33. The Morgan fingerprint density at radius 2 is 2.05 bits per heavy atom. The number of ketones is 1. The molecule has 5 nitrogen and oxygen atoms in total. The Bertz CT molecular complexity index is 526. The number of thiazole rings is 1. The van der Waals surface area contributed by atoms with Crippen molar-refractivity contribution < 1.29 is 14.3 Å². The molecule has 0 radical (unpaired) electrons. The topological polar surface area (TPSA) is 59.5 Å². The van der Waals surface area contributed by atoms with Crippen molar-refractivity contribution in [1.29, 1.82) is 0 Å². The van der Waals surface area contributed by atoms with Crippen LogP contribution in [0.1, 0.15) is 53.8 Å². The van der Waals surface area contributed by atoms with Gasteiger partial charge in [-0.1, -0.05) is 18.3 Å². The van der Waals surface area contributed by atoms with E-state index in [2.05, 4.69) is 23.7 Å². The lowest BCUT2D eigenvalue weighted by Crippen LogP contribution is -2.41. The van der Waals surface area contributed by atoms with Crippen LogP contribution in [-0.2, 0) is 4.74 Å². The second kappa shape index (κ2) is 5.91. The minimum absolute atomic E-state index is 0.144. The third-order valence-corrected chi connectivity index (χ3v) is 4.87. The molecular formula is C14H20N2O3S. The van der Waals surface area contributed by atoms with Crippen LogP contribution in [0.4, 0.5) is 5.13 Å². The highest BCUT2D eigenvalue weighted by atomic mass is 32.1. The van der Waals surface area contributed by atoms with E-state index in [-0.39, 0.29) is 11.5 Å². The summed E-state index contributed by atoms with van der Waals surface area (Å²) in [4.78, 5) is 30.3. The quantitative estimate of drug-likeness (QED) is 0.634. The van der Waals surface area contributed by atoms with Crippen LogP contribution >= 0.6 is 11.3 Å². The van der Waals surface area contributed by atoms with Crippen LogP contribution in [0, 0.1) is 5.92 Å². The lowest BCUT2D eigenvalue weighted by atomic mass is 9.96. The first kappa shape index (κ1) is 15.0. The molecule has 20 heavy (non-hydrogen) atoms. The Morgan fingerprint density at radius 3 is 2.65 bits per heavy atom. The average molecular weight is 296 g/mol. The van der Waals surface area contributed by atoms with Crippen LogP contribution in [0.15, 0.2) is 0 Å². The van der Waals surface area contributed by atoms with Crippen LogP contribution in [0.25, 0.3) is 0 Å². The first-order chi connectivity index (χ1) is 9.43. The molecule has 0 N–H and O–H groups in total. The lowest BCUT2D eigenvalue weighted by molar-refractivity contribution is 0.0591. The second-order valence-corrected chi connectivity index (χ2v) is 6.38. The molecular weight excluding hydrogens is 276 g/mol. The number of piperidine rings is 1. The highest BCUT2D eigenvalue weighted by Gasteiger charge is 2.29. The van der Waals surface area contributed by atoms with Gasteiger partial charge < -0.3 is 9.64 Å². The molecule has 0 saturated carbocycles. The van der Waals surface area contributed by atoms with Crippen molar-refractivity contribution in [2.24, 2.45) is 5.92 Å². The molecule has 1 fully saturated rings. The normalized spacial score (nSPS) is 22.7. The third-order valence-electron chi connectivity index (χ3n) is 3.68. The molecule has 6 heteroatoms. The van der Waals surface area contributed by atoms with Gasteiger partial charge in [0.2, 0.25) is 0 Å². The minimum atomic E-state index is -0.546. The van der Waals surface area contributed by atoms with Crippen LogP contribution in [0.3, 0.4) is 0 Å². The number of carbonyl (C=O) groups is 2. The van der Waals surface area contributed by atoms with E-state index >= 15 is 0 Å². The van der Waals surface area contributed by atoms with E-state index in [1.54, 1.807) is 0 Å². The molecule has 1 aromatic heterocycles. The predicted molar refractivity (Wildman–Crippen MR) is 78.7 cm³/mol. The summed E-state index contributed by atoms with van der Waals surface area (Å²) < 4.78 is 4.71. The van der Waals surface area contributed by atoms with Gasteiger partial charge in [0.25, 0.3) is 0 Å². The van der Waals surface area contributed by atoms with Gasteiger partial charge in [0.05, 0.1) is 7.11 Å². The SMILES string of the molecule is COC(=O)c1nc(N2CC(C)CCC2C)sc1C(C)=O. The van der Waals surface area contributed by atoms with Crippen molar-refractivity contribution in [1.82, 2.24) is 4.98 Å². The molecule has 1 aliphatic heterocycles. The van der Waals surface area contributed by atoms with E-state index < -0.39 is 5.97 Å². The van der Waals surface area contributed by atoms with Crippen LogP contribution in [-0.4, -0.2) is 36.4 Å². The fraction of sp³-hybridized carbons (Fsp3) is 0.643. The molecule has 2 heterocycles. The number of Topliss-reactive ketones (excluding diaryl/α,β-unsaturated/α-hetero) is 1. The van der Waals surface area contributed by atoms with Crippen LogP contribution < -0.4 is 4.90 Å². The number of carbonyl (C=O) groups excluding carboxylic acids is 2. The number of rotatable bonds is 3. The van der Waals surface area contributed by atoms with E-state index in [1.165, 1.54) is 31.8 Å². The van der Waals surface area contributed by atoms with Gasteiger partial charge in [-0.15, -0.1) is 0 Å². The zero-order valence-electron chi connectivity index (χ0n) is 12.3. The lowest BCUT2D eigenvalue weighted by Gasteiger charge is -2.36. The molecule has 0 spiro atoms. The molecule has 0 aliphatic carbocycles. The summed E-state index contributed by atoms with van der Waals surface area (Å²) in [6.07, 6.45) is 2.30. The number of hydrogen-bond acceptors (Lipinski definition) is 6. The molecule has 0 bridgehead atoms. The van der Waals surface area contributed by atoms with E-state index in [1.807, 2.05) is 0 Å². The van der Waals surface area contributed by atoms with Crippen molar-refractivity contribution in [3.63, 3.8) is 0 Å². The highest BCUT2D eigenvalue weighted by molar-refractivity contribution is 7.17. The van der Waals surface area contributed by atoms with Gasteiger partial charge in [-0.25, -0.2) is 9.78 Å². The zero-order chi connectivity index (χ0) is 14.9. The summed E-state index contributed by atoms with van der Waals surface area (Å²) in [5.74, 6) is -0.0975. The van der Waals surface area contributed by atoms with Gasteiger partial charge in [0.15, 0.2) is 16.6 Å². The maximum absolute atomic E-state index is 11.7. The van der Waals surface area contributed by atoms with Crippen molar-refractivity contribution in [3.05, 3.63) is 10.6 Å². The largest absolute Gasteiger partial charge is 0.464 e. The fourth-order valence-corrected chi connectivity index (χ4v) is 3.52. The molecule has 0 aromatic carbocycles. The number of methoxy groups -OCH3 is 1. The van der Waals surface area contributed by atoms with Crippen molar-refractivity contribution in [2.75, 3.05) is 18.6 Å². The number of anilines is 1. The number of hydrogen-bond donors (Lipinski definition) is 0. The fourth-order valence-electron chi connectivity index (χ4n) is 2.46. The number of ether oxygens (including phenoxy) is 1.